The van der Waals surface area contributed by atoms with Crippen LogP contribution in [-0.2, 0) is 0 Å². The van der Waals surface area contributed by atoms with Crippen LogP contribution in [0.1, 0.15) is 6.42 Å². The van der Waals surface area contributed by atoms with Crippen LogP contribution in [0.4, 0.5) is 10.5 Å². The zero-order valence-electron chi connectivity index (χ0n) is 12.2. The van der Waals surface area contributed by atoms with Crippen LogP contribution in [-0.4, -0.2) is 35.1 Å². The van der Waals surface area contributed by atoms with Gasteiger partial charge in [-0.25, -0.2) is 9.78 Å². The molecule has 1 unspecified atom stereocenters. The predicted octanol–water partition coefficient (Wildman–Crippen LogP) is 4.18. The average Bonchev–Trinajstić information content (AvgIpc) is 3.00. The molecule has 0 radical (unpaired) electrons. The Morgan fingerprint density at radius 3 is 2.78 bits per heavy atom. The summed E-state index contributed by atoms with van der Waals surface area (Å²) >= 11 is 9.17. The third kappa shape index (κ3) is 4.36. The SMILES string of the molecule is O=C(Nc1ccc(Cl)cc1)N1CCC(Oc2ccc(Br)cn2)C1. The van der Waals surface area contributed by atoms with Gasteiger partial charge >= 0.3 is 6.03 Å². The lowest BCUT2D eigenvalue weighted by Crippen LogP contribution is -2.34. The molecule has 5 nitrogen and oxygen atoms in total. The number of rotatable bonds is 3. The van der Waals surface area contributed by atoms with Crippen LogP contribution in [0.25, 0.3) is 0 Å². The Morgan fingerprint density at radius 1 is 1.30 bits per heavy atom. The predicted molar refractivity (Wildman–Crippen MR) is 93.0 cm³/mol. The number of benzene rings is 1. The molecule has 0 aliphatic carbocycles. The van der Waals surface area contributed by atoms with E-state index in [2.05, 4.69) is 26.2 Å². The second-order valence-corrected chi connectivity index (χ2v) is 6.58. The van der Waals surface area contributed by atoms with Gasteiger partial charge in [-0.3, -0.25) is 0 Å². The van der Waals surface area contributed by atoms with Crippen LogP contribution in [0.5, 0.6) is 5.88 Å². The molecule has 2 heterocycles. The van der Waals surface area contributed by atoms with Crippen LogP contribution in [0, 0.1) is 0 Å². The number of likely N-dealkylation sites (tertiary alicyclic amines) is 1. The molecule has 2 amide bonds. The van der Waals surface area contributed by atoms with E-state index in [0.29, 0.717) is 24.0 Å². The fourth-order valence-electron chi connectivity index (χ4n) is 2.35. The van der Waals surface area contributed by atoms with Crippen LogP contribution in [0.3, 0.4) is 0 Å². The van der Waals surface area contributed by atoms with E-state index in [9.17, 15) is 4.79 Å². The van der Waals surface area contributed by atoms with Crippen LogP contribution in [0.15, 0.2) is 47.1 Å². The molecule has 1 aromatic carbocycles. The highest BCUT2D eigenvalue weighted by atomic mass is 79.9. The molecule has 120 valence electrons. The summed E-state index contributed by atoms with van der Waals surface area (Å²) in [5.74, 6) is 0.568. The van der Waals surface area contributed by atoms with Crippen molar-refractivity contribution >= 4 is 39.2 Å². The number of halogens is 2. The van der Waals surface area contributed by atoms with Gasteiger partial charge in [-0.05, 0) is 46.3 Å². The van der Waals surface area contributed by atoms with Crippen molar-refractivity contribution < 1.29 is 9.53 Å². The Hall–Kier alpha value is -1.79. The van der Waals surface area contributed by atoms with Crippen molar-refractivity contribution in [3.8, 4) is 5.88 Å². The number of carbonyl (C=O) groups excluding carboxylic acids is 1. The van der Waals surface area contributed by atoms with Gasteiger partial charge in [0, 0.05) is 40.4 Å². The number of nitrogens with zero attached hydrogens (tertiary/aromatic N) is 2. The van der Waals surface area contributed by atoms with Gasteiger partial charge < -0.3 is 15.0 Å². The molecule has 2 aromatic rings. The monoisotopic (exact) mass is 395 g/mol. The highest BCUT2D eigenvalue weighted by Crippen LogP contribution is 2.20. The maximum atomic E-state index is 12.2. The second-order valence-electron chi connectivity index (χ2n) is 5.23. The number of urea groups is 1. The number of ether oxygens (including phenoxy) is 1. The van der Waals surface area contributed by atoms with Crippen LogP contribution in [0.2, 0.25) is 5.02 Å². The molecule has 7 heteroatoms. The molecule has 1 aliphatic heterocycles. The van der Waals surface area contributed by atoms with Crippen molar-refractivity contribution in [1.82, 2.24) is 9.88 Å². The highest BCUT2D eigenvalue weighted by Gasteiger charge is 2.27. The lowest BCUT2D eigenvalue weighted by atomic mass is 10.3. The summed E-state index contributed by atoms with van der Waals surface area (Å²) in [5.41, 5.74) is 0.721. The van der Waals surface area contributed by atoms with E-state index in [0.717, 1.165) is 16.6 Å². The first-order chi connectivity index (χ1) is 11.1. The highest BCUT2D eigenvalue weighted by molar-refractivity contribution is 9.10. The maximum absolute atomic E-state index is 12.2. The minimum Gasteiger partial charge on any atom is -0.472 e. The molecule has 1 atom stereocenters. The van der Waals surface area contributed by atoms with E-state index >= 15 is 0 Å². The number of carbonyl (C=O) groups is 1. The van der Waals surface area contributed by atoms with Gasteiger partial charge in [0.15, 0.2) is 0 Å². The summed E-state index contributed by atoms with van der Waals surface area (Å²) in [6, 6.07) is 10.6. The largest absolute Gasteiger partial charge is 0.472 e. The molecule has 0 spiro atoms. The second kappa shape index (κ2) is 7.19. The first kappa shape index (κ1) is 16.1. The fraction of sp³-hybridized carbons (Fsp3) is 0.250. The van der Waals surface area contributed by atoms with E-state index in [-0.39, 0.29) is 12.1 Å². The first-order valence-corrected chi connectivity index (χ1v) is 8.37. The maximum Gasteiger partial charge on any atom is 0.321 e. The number of pyridine rings is 1. The van der Waals surface area contributed by atoms with E-state index in [1.54, 1.807) is 41.4 Å². The molecule has 0 bridgehead atoms. The van der Waals surface area contributed by atoms with Crippen molar-refractivity contribution in [3.63, 3.8) is 0 Å². The zero-order chi connectivity index (χ0) is 16.2. The van der Waals surface area contributed by atoms with E-state index < -0.39 is 0 Å². The van der Waals surface area contributed by atoms with E-state index in [1.807, 2.05) is 6.07 Å². The van der Waals surface area contributed by atoms with Crippen LogP contribution >= 0.6 is 27.5 Å². The van der Waals surface area contributed by atoms with Crippen molar-refractivity contribution in [2.45, 2.75) is 12.5 Å². The van der Waals surface area contributed by atoms with Crippen molar-refractivity contribution in [2.24, 2.45) is 0 Å². The molecule has 1 N–H and O–H groups in total. The Balaban J connectivity index is 1.53. The number of amides is 2. The quantitative estimate of drug-likeness (QED) is 0.846. The normalized spacial score (nSPS) is 17.1. The minimum atomic E-state index is -0.137. The standard InChI is InChI=1S/C16H15BrClN3O2/c17-11-1-6-15(19-9-11)23-14-7-8-21(10-14)16(22)20-13-4-2-12(18)3-5-13/h1-6,9,14H,7-8,10H2,(H,20,22). The van der Waals surface area contributed by atoms with Gasteiger partial charge in [-0.15, -0.1) is 0 Å². The van der Waals surface area contributed by atoms with Gasteiger partial charge in [0.1, 0.15) is 6.10 Å². The Kier molecular flexibility index (Phi) is 5.03. The topological polar surface area (TPSA) is 54.5 Å². The summed E-state index contributed by atoms with van der Waals surface area (Å²) in [5, 5.41) is 3.49. The molecule has 1 aliphatic rings. The van der Waals surface area contributed by atoms with Gasteiger partial charge in [0.2, 0.25) is 5.88 Å². The molecule has 1 saturated heterocycles. The number of hydrogen-bond donors (Lipinski definition) is 1. The number of nitrogens with one attached hydrogen (secondary N) is 1. The minimum absolute atomic E-state index is 0.0420. The van der Waals surface area contributed by atoms with Crippen molar-refractivity contribution in [2.75, 3.05) is 18.4 Å². The van der Waals surface area contributed by atoms with Crippen LogP contribution < -0.4 is 10.1 Å². The number of aromatic nitrogens is 1. The Bertz CT molecular complexity index is 679. The molecule has 0 saturated carbocycles. The summed E-state index contributed by atoms with van der Waals surface area (Å²) in [6.07, 6.45) is 2.43. The molecule has 1 aromatic heterocycles. The average molecular weight is 397 g/mol. The molecular formula is C16H15BrClN3O2. The molecular weight excluding hydrogens is 382 g/mol. The Labute approximate surface area is 147 Å². The summed E-state index contributed by atoms with van der Waals surface area (Å²) in [4.78, 5) is 18.2. The van der Waals surface area contributed by atoms with Gasteiger partial charge in [-0.2, -0.15) is 0 Å². The van der Waals surface area contributed by atoms with E-state index in [1.165, 1.54) is 0 Å². The van der Waals surface area contributed by atoms with Crippen molar-refractivity contribution in [3.05, 3.63) is 52.1 Å². The third-order valence-electron chi connectivity index (χ3n) is 3.52. The lowest BCUT2D eigenvalue weighted by molar-refractivity contribution is 0.190. The summed E-state index contributed by atoms with van der Waals surface area (Å²) < 4.78 is 6.71. The molecule has 3 rings (SSSR count). The van der Waals surface area contributed by atoms with Gasteiger partial charge in [0.25, 0.3) is 0 Å². The zero-order valence-corrected chi connectivity index (χ0v) is 14.5. The van der Waals surface area contributed by atoms with E-state index in [4.69, 9.17) is 16.3 Å². The Morgan fingerprint density at radius 2 is 2.09 bits per heavy atom. The fourth-order valence-corrected chi connectivity index (χ4v) is 2.71. The first-order valence-electron chi connectivity index (χ1n) is 7.20. The molecule has 23 heavy (non-hydrogen) atoms. The van der Waals surface area contributed by atoms with Gasteiger partial charge in [0.05, 0.1) is 6.54 Å². The lowest BCUT2D eigenvalue weighted by Gasteiger charge is -2.17. The third-order valence-corrected chi connectivity index (χ3v) is 4.24. The van der Waals surface area contributed by atoms with Gasteiger partial charge in [-0.1, -0.05) is 11.6 Å². The number of anilines is 1. The summed E-state index contributed by atoms with van der Waals surface area (Å²) in [6.45, 7) is 1.19. The van der Waals surface area contributed by atoms with Crippen molar-refractivity contribution in [1.29, 1.82) is 0 Å². The smallest absolute Gasteiger partial charge is 0.321 e. The number of hydrogen-bond acceptors (Lipinski definition) is 3. The molecule has 1 fully saturated rings. The summed E-state index contributed by atoms with van der Waals surface area (Å²) in [7, 11) is 0.